The fraction of sp³-hybridized carbons (Fsp3) is 0.571. The molecule has 0 aromatic carbocycles. The number of nitrogens with zero attached hydrogens (tertiary/aromatic N) is 2. The van der Waals surface area contributed by atoms with Gasteiger partial charge in [-0.3, -0.25) is 4.90 Å². The summed E-state index contributed by atoms with van der Waals surface area (Å²) in [6.07, 6.45) is 24.7. The second-order valence-corrected chi connectivity index (χ2v) is 8.54. The van der Waals surface area contributed by atoms with Gasteiger partial charge in [0.05, 0.1) is 0 Å². The van der Waals surface area contributed by atoms with E-state index in [4.69, 9.17) is 0 Å². The van der Waals surface area contributed by atoms with Crippen LogP contribution in [0.2, 0.25) is 0 Å². The number of hydrogen-bond donors (Lipinski definition) is 1. The highest BCUT2D eigenvalue weighted by atomic mass is 15.3. The fourth-order valence-electron chi connectivity index (χ4n) is 4.47. The summed E-state index contributed by atoms with van der Waals surface area (Å²) in [5, 5.41) is 3.56. The maximum Gasteiger partial charge on any atom is 0.0389 e. The molecule has 0 saturated carbocycles. The van der Waals surface area contributed by atoms with Crippen LogP contribution in [0.3, 0.4) is 0 Å². The van der Waals surface area contributed by atoms with Crippen molar-refractivity contribution in [2.75, 3.05) is 32.7 Å². The molecule has 31 heavy (non-hydrogen) atoms. The molecule has 3 rings (SSSR count). The predicted octanol–water partition coefficient (Wildman–Crippen LogP) is 6.01. The van der Waals surface area contributed by atoms with Crippen LogP contribution < -0.4 is 5.32 Å². The third-order valence-electron chi connectivity index (χ3n) is 6.22. The van der Waals surface area contributed by atoms with Gasteiger partial charge < -0.3 is 10.2 Å². The van der Waals surface area contributed by atoms with Crippen LogP contribution >= 0.6 is 0 Å². The first kappa shape index (κ1) is 25.4. The molecule has 2 aliphatic heterocycles. The molecule has 3 aliphatic rings. The first-order valence-corrected chi connectivity index (χ1v) is 12.4. The van der Waals surface area contributed by atoms with E-state index in [1.807, 2.05) is 13.8 Å². The highest BCUT2D eigenvalue weighted by Gasteiger charge is 2.30. The summed E-state index contributed by atoms with van der Waals surface area (Å²) >= 11 is 0. The van der Waals surface area contributed by atoms with Crippen LogP contribution in [0.5, 0.6) is 0 Å². The summed E-state index contributed by atoms with van der Waals surface area (Å²) in [4.78, 5) is 5.36. The number of nitrogens with one attached hydrogen (secondary N) is 1. The van der Waals surface area contributed by atoms with E-state index in [2.05, 4.69) is 90.6 Å². The lowest BCUT2D eigenvalue weighted by Crippen LogP contribution is -2.56. The molecule has 0 amide bonds. The molecule has 0 aromatic rings. The molecule has 0 bridgehead atoms. The Morgan fingerprint density at radius 3 is 2.68 bits per heavy atom. The first-order chi connectivity index (χ1) is 15.2. The molecule has 3 nitrogen and oxygen atoms in total. The summed E-state index contributed by atoms with van der Waals surface area (Å²) in [6, 6.07) is 1.11. The van der Waals surface area contributed by atoms with Crippen molar-refractivity contribution in [1.82, 2.24) is 15.1 Å². The topological polar surface area (TPSA) is 18.5 Å². The predicted molar refractivity (Wildman–Crippen MR) is 137 cm³/mol. The molecular formula is C28H45N3. The Morgan fingerprint density at radius 2 is 1.87 bits per heavy atom. The largest absolute Gasteiger partial charge is 0.366 e. The summed E-state index contributed by atoms with van der Waals surface area (Å²) in [6.45, 7) is 16.4. The maximum atomic E-state index is 3.56. The van der Waals surface area contributed by atoms with Crippen molar-refractivity contribution in [2.24, 2.45) is 0 Å². The third-order valence-corrected chi connectivity index (χ3v) is 6.22. The van der Waals surface area contributed by atoms with Gasteiger partial charge in [-0.15, -0.1) is 0 Å². The van der Waals surface area contributed by atoms with Gasteiger partial charge in [-0.1, -0.05) is 75.0 Å². The zero-order chi connectivity index (χ0) is 22.5. The lowest BCUT2D eigenvalue weighted by atomic mass is 10.0. The number of hydrogen-bond acceptors (Lipinski definition) is 3. The average molecular weight is 424 g/mol. The van der Waals surface area contributed by atoms with Crippen LogP contribution in [0.1, 0.15) is 60.3 Å². The van der Waals surface area contributed by atoms with Crippen molar-refractivity contribution in [3.8, 4) is 0 Å². The average Bonchev–Trinajstić information content (AvgIpc) is 3.22. The quantitative estimate of drug-likeness (QED) is 0.528. The van der Waals surface area contributed by atoms with Gasteiger partial charge in [0, 0.05) is 50.5 Å². The Morgan fingerprint density at radius 1 is 1.03 bits per heavy atom. The molecule has 2 heterocycles. The molecule has 2 atom stereocenters. The molecule has 1 fully saturated rings. The van der Waals surface area contributed by atoms with E-state index >= 15 is 0 Å². The van der Waals surface area contributed by atoms with Gasteiger partial charge in [-0.05, 0) is 51.2 Å². The molecule has 0 unspecified atom stereocenters. The van der Waals surface area contributed by atoms with E-state index in [0.29, 0.717) is 12.1 Å². The van der Waals surface area contributed by atoms with E-state index in [9.17, 15) is 0 Å². The molecule has 1 N–H and O–H groups in total. The second-order valence-electron chi connectivity index (χ2n) is 8.54. The number of rotatable bonds is 6. The Balaban J connectivity index is 0.00000166. The first-order valence-electron chi connectivity index (χ1n) is 12.4. The second kappa shape index (κ2) is 14.3. The molecule has 0 aromatic heterocycles. The van der Waals surface area contributed by atoms with Gasteiger partial charge in [-0.25, -0.2) is 0 Å². The summed E-state index contributed by atoms with van der Waals surface area (Å²) in [7, 11) is 0. The number of piperazine rings is 1. The minimum absolute atomic E-state index is 0.533. The SMILES string of the molecule is CC.CC/C=C\C(=C1\CC=CCNC1)N1C[C@@H](C)N(CCC2=CC=CC=CC2)C[C@@H]1C. The monoisotopic (exact) mass is 423 g/mol. The highest BCUT2D eigenvalue weighted by molar-refractivity contribution is 5.30. The van der Waals surface area contributed by atoms with Gasteiger partial charge in [0.25, 0.3) is 0 Å². The van der Waals surface area contributed by atoms with Crippen molar-refractivity contribution in [3.05, 3.63) is 71.5 Å². The Labute approximate surface area is 192 Å². The number of allylic oxidation sites excluding steroid dienone is 8. The van der Waals surface area contributed by atoms with Gasteiger partial charge in [0.1, 0.15) is 0 Å². The normalized spacial score (nSPS) is 26.2. The van der Waals surface area contributed by atoms with Gasteiger partial charge >= 0.3 is 0 Å². The van der Waals surface area contributed by atoms with Gasteiger partial charge in [0.2, 0.25) is 0 Å². The van der Waals surface area contributed by atoms with Crippen LogP contribution in [-0.4, -0.2) is 54.6 Å². The summed E-state index contributed by atoms with van der Waals surface area (Å²) < 4.78 is 0. The van der Waals surface area contributed by atoms with Crippen molar-refractivity contribution < 1.29 is 0 Å². The Bertz CT molecular complexity index is 708. The van der Waals surface area contributed by atoms with Crippen molar-refractivity contribution >= 4 is 0 Å². The summed E-state index contributed by atoms with van der Waals surface area (Å²) in [5.74, 6) is 0. The van der Waals surface area contributed by atoms with Crippen LogP contribution in [0.15, 0.2) is 71.5 Å². The van der Waals surface area contributed by atoms with Gasteiger partial charge in [0.15, 0.2) is 0 Å². The minimum Gasteiger partial charge on any atom is -0.366 e. The minimum atomic E-state index is 0.533. The molecular weight excluding hydrogens is 378 g/mol. The van der Waals surface area contributed by atoms with E-state index in [1.54, 1.807) is 5.57 Å². The molecule has 172 valence electrons. The third kappa shape index (κ3) is 7.97. The van der Waals surface area contributed by atoms with Crippen LogP contribution in [0, 0.1) is 0 Å². The van der Waals surface area contributed by atoms with Crippen molar-refractivity contribution in [2.45, 2.75) is 72.4 Å². The standard InChI is InChI=1S/C26H39N3.C2H6/c1-4-5-15-26(25-14-10-11-17-27-19-25)29-21-22(2)28(20-23(29)3)18-16-24-12-8-6-7-9-13-24;1-2/h5-12,15,22-23,27H,4,13-14,16-21H2,1-3H3;1-2H3/b15-5-,26-25+;/t22-,23+;/m1./s1. The van der Waals surface area contributed by atoms with Crippen molar-refractivity contribution in [1.29, 1.82) is 0 Å². The molecule has 0 spiro atoms. The maximum absolute atomic E-state index is 3.56. The molecule has 3 heteroatoms. The van der Waals surface area contributed by atoms with E-state index < -0.39 is 0 Å². The zero-order valence-corrected chi connectivity index (χ0v) is 20.6. The van der Waals surface area contributed by atoms with Crippen LogP contribution in [0.25, 0.3) is 0 Å². The van der Waals surface area contributed by atoms with E-state index in [-0.39, 0.29) is 0 Å². The Hall–Kier alpha value is -1.84. The van der Waals surface area contributed by atoms with E-state index in [0.717, 1.165) is 52.0 Å². The zero-order valence-electron chi connectivity index (χ0n) is 20.6. The molecule has 1 aliphatic carbocycles. The van der Waals surface area contributed by atoms with Gasteiger partial charge in [-0.2, -0.15) is 0 Å². The lowest BCUT2D eigenvalue weighted by Gasteiger charge is -2.46. The highest BCUT2D eigenvalue weighted by Crippen LogP contribution is 2.26. The smallest absolute Gasteiger partial charge is 0.0389 e. The van der Waals surface area contributed by atoms with E-state index in [1.165, 1.54) is 17.7 Å². The summed E-state index contributed by atoms with van der Waals surface area (Å²) in [5.41, 5.74) is 4.52. The van der Waals surface area contributed by atoms with Crippen molar-refractivity contribution in [3.63, 3.8) is 0 Å². The molecule has 1 saturated heterocycles. The Kier molecular flexibility index (Phi) is 11.7. The fourth-order valence-corrected chi connectivity index (χ4v) is 4.47. The van der Waals surface area contributed by atoms with Crippen LogP contribution in [-0.2, 0) is 0 Å². The van der Waals surface area contributed by atoms with Crippen LogP contribution in [0.4, 0.5) is 0 Å². The lowest BCUT2D eigenvalue weighted by molar-refractivity contribution is 0.0673. The molecule has 0 radical (unpaired) electrons.